The number of ether oxygens (including phenoxy) is 1. The third kappa shape index (κ3) is 4.51. The molecule has 0 heterocycles. The lowest BCUT2D eigenvalue weighted by atomic mass is 10.1. The molecule has 2 atom stereocenters. The summed E-state index contributed by atoms with van der Waals surface area (Å²) in [5.41, 5.74) is 0.988. The van der Waals surface area contributed by atoms with Crippen LogP contribution in [0.3, 0.4) is 0 Å². The van der Waals surface area contributed by atoms with Crippen molar-refractivity contribution in [3.63, 3.8) is 0 Å². The summed E-state index contributed by atoms with van der Waals surface area (Å²) in [5.74, 6) is 0.887. The molecule has 1 aliphatic carbocycles. The van der Waals surface area contributed by atoms with Crippen molar-refractivity contribution in [2.24, 2.45) is 0 Å². The van der Waals surface area contributed by atoms with Crippen LogP contribution in [-0.2, 0) is 11.2 Å². The van der Waals surface area contributed by atoms with E-state index in [4.69, 9.17) is 4.74 Å². The molecule has 4 heteroatoms. The minimum atomic E-state index is 0.0922. The molecule has 110 valence electrons. The van der Waals surface area contributed by atoms with E-state index in [9.17, 15) is 4.79 Å². The first kappa shape index (κ1) is 15.4. The van der Waals surface area contributed by atoms with Crippen LogP contribution in [0.5, 0.6) is 5.75 Å². The number of alkyl halides is 1. The molecule has 1 aromatic rings. The van der Waals surface area contributed by atoms with Crippen LogP contribution in [-0.4, -0.2) is 23.9 Å². The van der Waals surface area contributed by atoms with Crippen LogP contribution in [0.25, 0.3) is 0 Å². The van der Waals surface area contributed by atoms with Gasteiger partial charge in [0.15, 0.2) is 0 Å². The number of carbonyl (C=O) groups is 1. The molecule has 1 amide bonds. The first-order valence-electron chi connectivity index (χ1n) is 7.25. The molecule has 0 aliphatic heterocycles. The fourth-order valence-electron chi connectivity index (χ4n) is 2.65. The summed E-state index contributed by atoms with van der Waals surface area (Å²) in [5, 5.41) is 3.17. The highest BCUT2D eigenvalue weighted by molar-refractivity contribution is 9.09. The minimum absolute atomic E-state index is 0.0922. The maximum atomic E-state index is 12.2. The highest BCUT2D eigenvalue weighted by Crippen LogP contribution is 2.23. The van der Waals surface area contributed by atoms with Crippen LogP contribution in [0.4, 0.5) is 0 Å². The Balaban J connectivity index is 1.90. The lowest BCUT2D eigenvalue weighted by Gasteiger charge is -2.21. The molecule has 0 saturated heterocycles. The van der Waals surface area contributed by atoms with E-state index in [-0.39, 0.29) is 11.9 Å². The Kier molecular flexibility index (Phi) is 5.89. The smallest absolute Gasteiger partial charge is 0.224 e. The Labute approximate surface area is 129 Å². The second-order valence-corrected chi connectivity index (χ2v) is 6.53. The van der Waals surface area contributed by atoms with Crippen LogP contribution in [0.2, 0.25) is 0 Å². The molecule has 0 spiro atoms. The summed E-state index contributed by atoms with van der Waals surface area (Å²) in [6.45, 7) is 0. The third-order valence-electron chi connectivity index (χ3n) is 3.78. The van der Waals surface area contributed by atoms with E-state index in [1.165, 1.54) is 19.3 Å². The van der Waals surface area contributed by atoms with Gasteiger partial charge >= 0.3 is 0 Å². The zero-order valence-corrected chi connectivity index (χ0v) is 13.5. The number of amides is 1. The monoisotopic (exact) mass is 339 g/mol. The summed E-state index contributed by atoms with van der Waals surface area (Å²) in [6, 6.07) is 7.94. The molecular formula is C16H22BrNO2. The lowest BCUT2D eigenvalue weighted by Crippen LogP contribution is -2.41. The van der Waals surface area contributed by atoms with Gasteiger partial charge in [-0.1, -0.05) is 47.3 Å². The predicted octanol–water partition coefficient (Wildman–Crippen LogP) is 3.45. The van der Waals surface area contributed by atoms with Crippen LogP contribution in [0.15, 0.2) is 24.3 Å². The molecular weight excluding hydrogens is 318 g/mol. The van der Waals surface area contributed by atoms with Crippen molar-refractivity contribution < 1.29 is 9.53 Å². The van der Waals surface area contributed by atoms with Gasteiger partial charge < -0.3 is 10.1 Å². The quantitative estimate of drug-likeness (QED) is 0.673. The van der Waals surface area contributed by atoms with Crippen LogP contribution < -0.4 is 10.1 Å². The van der Waals surface area contributed by atoms with Gasteiger partial charge in [0, 0.05) is 10.9 Å². The zero-order chi connectivity index (χ0) is 14.4. The van der Waals surface area contributed by atoms with Gasteiger partial charge in [0.05, 0.1) is 13.5 Å². The second-order valence-electron chi connectivity index (χ2n) is 5.36. The van der Waals surface area contributed by atoms with Crippen molar-refractivity contribution in [1.82, 2.24) is 5.32 Å². The first-order chi connectivity index (χ1) is 9.69. The third-order valence-corrected chi connectivity index (χ3v) is 4.87. The van der Waals surface area contributed by atoms with Gasteiger partial charge in [0.25, 0.3) is 0 Å². The van der Waals surface area contributed by atoms with Gasteiger partial charge in [0.2, 0.25) is 5.91 Å². The van der Waals surface area contributed by atoms with E-state index in [1.807, 2.05) is 24.3 Å². The Morgan fingerprint density at radius 3 is 2.95 bits per heavy atom. The summed E-state index contributed by atoms with van der Waals surface area (Å²) in [4.78, 5) is 12.6. The number of rotatable bonds is 4. The summed E-state index contributed by atoms with van der Waals surface area (Å²) >= 11 is 3.71. The van der Waals surface area contributed by atoms with E-state index >= 15 is 0 Å². The normalized spacial score (nSPS) is 22.9. The van der Waals surface area contributed by atoms with Gasteiger partial charge in [-0.15, -0.1) is 0 Å². The van der Waals surface area contributed by atoms with Gasteiger partial charge in [-0.3, -0.25) is 4.79 Å². The average molecular weight is 340 g/mol. The predicted molar refractivity (Wildman–Crippen MR) is 84.4 cm³/mol. The van der Waals surface area contributed by atoms with Gasteiger partial charge in [-0.25, -0.2) is 0 Å². The first-order valence-corrected chi connectivity index (χ1v) is 8.17. The SMILES string of the molecule is COc1cccc(CC(=O)NC2CCCCCC2Br)c1. The molecule has 0 aromatic heterocycles. The van der Waals surface area contributed by atoms with Crippen LogP contribution in [0.1, 0.15) is 37.7 Å². The number of hydrogen-bond acceptors (Lipinski definition) is 2. The number of carbonyl (C=O) groups excluding carboxylic acids is 1. The fraction of sp³-hybridized carbons (Fsp3) is 0.562. The summed E-state index contributed by atoms with van der Waals surface area (Å²) in [7, 11) is 1.64. The van der Waals surface area contributed by atoms with Gasteiger partial charge in [-0.2, -0.15) is 0 Å². The van der Waals surface area contributed by atoms with E-state index in [0.717, 1.165) is 24.2 Å². The van der Waals surface area contributed by atoms with Crippen molar-refractivity contribution in [2.75, 3.05) is 7.11 Å². The van der Waals surface area contributed by atoms with Crippen molar-refractivity contribution in [3.05, 3.63) is 29.8 Å². The maximum absolute atomic E-state index is 12.2. The molecule has 1 fully saturated rings. The Morgan fingerprint density at radius 2 is 2.15 bits per heavy atom. The fourth-order valence-corrected chi connectivity index (χ4v) is 3.37. The summed E-state index contributed by atoms with van der Waals surface area (Å²) in [6.07, 6.45) is 6.34. The average Bonchev–Trinajstić information content (AvgIpc) is 2.64. The molecule has 1 aliphatic rings. The Bertz CT molecular complexity index is 450. The zero-order valence-electron chi connectivity index (χ0n) is 11.9. The molecule has 1 saturated carbocycles. The number of nitrogens with one attached hydrogen (secondary N) is 1. The van der Waals surface area contributed by atoms with Crippen molar-refractivity contribution >= 4 is 21.8 Å². The Morgan fingerprint density at radius 1 is 1.35 bits per heavy atom. The number of halogens is 1. The molecule has 1 aromatic carbocycles. The van der Waals surface area contributed by atoms with Gasteiger partial charge in [-0.05, 0) is 30.5 Å². The lowest BCUT2D eigenvalue weighted by molar-refractivity contribution is -0.121. The largest absolute Gasteiger partial charge is 0.497 e. The molecule has 2 unspecified atom stereocenters. The molecule has 3 nitrogen and oxygen atoms in total. The highest BCUT2D eigenvalue weighted by Gasteiger charge is 2.22. The molecule has 0 radical (unpaired) electrons. The second kappa shape index (κ2) is 7.67. The van der Waals surface area contributed by atoms with E-state index in [0.29, 0.717) is 11.2 Å². The molecule has 1 N–H and O–H groups in total. The van der Waals surface area contributed by atoms with Crippen LogP contribution >= 0.6 is 15.9 Å². The standard InChI is InChI=1S/C16H22BrNO2/c1-20-13-7-5-6-12(10-13)11-16(19)18-15-9-4-2-3-8-14(15)17/h5-7,10,14-15H,2-4,8-9,11H2,1H3,(H,18,19). The number of hydrogen-bond donors (Lipinski definition) is 1. The summed E-state index contributed by atoms with van der Waals surface area (Å²) < 4.78 is 5.18. The molecule has 2 rings (SSSR count). The minimum Gasteiger partial charge on any atom is -0.497 e. The van der Waals surface area contributed by atoms with Crippen LogP contribution in [0, 0.1) is 0 Å². The van der Waals surface area contributed by atoms with Crippen molar-refractivity contribution in [2.45, 2.75) is 49.4 Å². The van der Waals surface area contributed by atoms with E-state index in [1.54, 1.807) is 7.11 Å². The van der Waals surface area contributed by atoms with Crippen molar-refractivity contribution in [1.29, 1.82) is 0 Å². The van der Waals surface area contributed by atoms with Gasteiger partial charge in [0.1, 0.15) is 5.75 Å². The molecule has 20 heavy (non-hydrogen) atoms. The Hall–Kier alpha value is -1.03. The maximum Gasteiger partial charge on any atom is 0.224 e. The molecule has 0 bridgehead atoms. The topological polar surface area (TPSA) is 38.3 Å². The van der Waals surface area contributed by atoms with E-state index < -0.39 is 0 Å². The van der Waals surface area contributed by atoms with E-state index in [2.05, 4.69) is 21.2 Å². The number of methoxy groups -OCH3 is 1. The van der Waals surface area contributed by atoms with Crippen molar-refractivity contribution in [3.8, 4) is 5.75 Å². The number of benzene rings is 1. The highest BCUT2D eigenvalue weighted by atomic mass is 79.9.